The van der Waals surface area contributed by atoms with Gasteiger partial charge in [0.25, 0.3) is 0 Å². The predicted molar refractivity (Wildman–Crippen MR) is 143 cm³/mol. The van der Waals surface area contributed by atoms with Crippen LogP contribution in [0.25, 0.3) is 12.3 Å². The largest absolute Gasteiger partial charge is 0.497 e. The maximum atomic E-state index is 11.2. The fourth-order valence-electron chi connectivity index (χ4n) is 4.71. The number of hydrogen-bond acceptors (Lipinski definition) is 5. The van der Waals surface area contributed by atoms with Crippen molar-refractivity contribution in [2.45, 2.75) is 11.8 Å². The predicted octanol–water partition coefficient (Wildman–Crippen LogP) is 5.87. The van der Waals surface area contributed by atoms with Gasteiger partial charge in [-0.15, -0.1) is 5.10 Å². The standard InChI is InChI=1S/C30H27N3O3/c1-35-25-13-9-22(10-14-25)30(23-11-15-26(36-2)16-12-23)18-17-27-28(21-30)33(19-6-20-34)32-29(27)31-24-7-4-3-5-8-24/h3-20H,21H2,1-2H3,(H,31,32). The quantitative estimate of drug-likeness (QED) is 0.254. The molecular weight excluding hydrogens is 450 g/mol. The number of carbonyl (C=O) groups is 1. The van der Waals surface area contributed by atoms with Crippen LogP contribution >= 0.6 is 0 Å². The molecule has 1 aliphatic rings. The van der Waals surface area contributed by atoms with E-state index in [2.05, 4.69) is 41.7 Å². The van der Waals surface area contributed by atoms with Gasteiger partial charge in [-0.2, -0.15) is 0 Å². The third-order valence-electron chi connectivity index (χ3n) is 6.58. The van der Waals surface area contributed by atoms with Crippen molar-refractivity contribution in [2.24, 2.45) is 0 Å². The lowest BCUT2D eigenvalue weighted by Crippen LogP contribution is -2.31. The van der Waals surface area contributed by atoms with E-state index in [4.69, 9.17) is 14.6 Å². The number of hydrogen-bond donors (Lipinski definition) is 1. The molecule has 3 aromatic carbocycles. The van der Waals surface area contributed by atoms with Crippen LogP contribution in [0.5, 0.6) is 11.5 Å². The number of ether oxygens (including phenoxy) is 2. The molecule has 1 aliphatic carbocycles. The van der Waals surface area contributed by atoms with E-state index in [-0.39, 0.29) is 0 Å². The van der Waals surface area contributed by atoms with Crippen molar-refractivity contribution in [3.05, 3.63) is 113 Å². The maximum absolute atomic E-state index is 11.2. The topological polar surface area (TPSA) is 65.4 Å². The fraction of sp³-hybridized carbons (Fsp3) is 0.133. The fourth-order valence-corrected chi connectivity index (χ4v) is 4.71. The Labute approximate surface area is 210 Å². The van der Waals surface area contributed by atoms with Crippen molar-refractivity contribution in [1.29, 1.82) is 0 Å². The Bertz CT molecular complexity index is 1360. The number of allylic oxidation sites excluding steroid dienone is 2. The van der Waals surface area contributed by atoms with Crippen LogP contribution in [-0.4, -0.2) is 30.3 Å². The molecule has 1 heterocycles. The van der Waals surface area contributed by atoms with Gasteiger partial charge >= 0.3 is 0 Å². The van der Waals surface area contributed by atoms with Crippen molar-refractivity contribution in [3.8, 4) is 11.5 Å². The van der Waals surface area contributed by atoms with Crippen molar-refractivity contribution in [1.82, 2.24) is 9.78 Å². The molecular formula is C30H27N3O3. The molecule has 0 spiro atoms. The van der Waals surface area contributed by atoms with E-state index in [0.29, 0.717) is 6.42 Å². The number of anilines is 2. The average Bonchev–Trinajstić information content (AvgIpc) is 3.28. The van der Waals surface area contributed by atoms with E-state index in [9.17, 15) is 4.79 Å². The molecule has 6 nitrogen and oxygen atoms in total. The zero-order chi connectivity index (χ0) is 25.0. The maximum Gasteiger partial charge on any atom is 0.160 e. The minimum Gasteiger partial charge on any atom is -0.497 e. The summed E-state index contributed by atoms with van der Waals surface area (Å²) in [7, 11) is 3.33. The second-order valence-electron chi connectivity index (χ2n) is 8.56. The van der Waals surface area contributed by atoms with Crippen LogP contribution in [0.3, 0.4) is 0 Å². The molecule has 0 bridgehead atoms. The van der Waals surface area contributed by atoms with E-state index in [1.165, 1.54) is 6.08 Å². The second kappa shape index (κ2) is 9.96. The normalized spacial score (nSPS) is 13.8. The van der Waals surface area contributed by atoms with E-state index in [1.54, 1.807) is 25.1 Å². The molecule has 0 aliphatic heterocycles. The Balaban J connectivity index is 1.65. The third kappa shape index (κ3) is 4.29. The van der Waals surface area contributed by atoms with E-state index < -0.39 is 5.41 Å². The number of benzene rings is 3. The zero-order valence-electron chi connectivity index (χ0n) is 20.2. The van der Waals surface area contributed by atoms with Crippen LogP contribution in [0.1, 0.15) is 22.4 Å². The number of aromatic nitrogens is 2. The van der Waals surface area contributed by atoms with Gasteiger partial charge < -0.3 is 14.8 Å². The van der Waals surface area contributed by atoms with Crippen LogP contribution < -0.4 is 14.8 Å². The summed E-state index contributed by atoms with van der Waals surface area (Å²) in [4.78, 5) is 11.2. The minimum absolute atomic E-state index is 0.456. The van der Waals surface area contributed by atoms with Crippen molar-refractivity contribution < 1.29 is 14.3 Å². The molecule has 0 saturated heterocycles. The summed E-state index contributed by atoms with van der Waals surface area (Å²) >= 11 is 0. The second-order valence-corrected chi connectivity index (χ2v) is 8.56. The summed E-state index contributed by atoms with van der Waals surface area (Å²) in [6.07, 6.45) is 8.93. The SMILES string of the molecule is COc1ccc(C2(c3ccc(OC)cc3)C=Cc3c(Nc4ccccc4)nn(C=CC=O)c3C2)cc1. The Hall–Kier alpha value is -4.58. The van der Waals surface area contributed by atoms with Gasteiger partial charge in [0.2, 0.25) is 0 Å². The van der Waals surface area contributed by atoms with E-state index in [0.717, 1.165) is 51.7 Å². The molecule has 180 valence electrons. The molecule has 0 saturated carbocycles. The molecule has 0 fully saturated rings. The smallest absolute Gasteiger partial charge is 0.160 e. The lowest BCUT2D eigenvalue weighted by atomic mass is 9.68. The van der Waals surface area contributed by atoms with Crippen LogP contribution in [0.15, 0.2) is 91.0 Å². The van der Waals surface area contributed by atoms with Gasteiger partial charge in [0.05, 0.1) is 19.9 Å². The highest BCUT2D eigenvalue weighted by molar-refractivity contribution is 5.76. The monoisotopic (exact) mass is 477 g/mol. The Morgan fingerprint density at radius 3 is 2.06 bits per heavy atom. The van der Waals surface area contributed by atoms with Crippen molar-refractivity contribution in [2.75, 3.05) is 19.5 Å². The van der Waals surface area contributed by atoms with Gasteiger partial charge in [0.1, 0.15) is 17.8 Å². The van der Waals surface area contributed by atoms with Crippen LogP contribution in [0, 0.1) is 0 Å². The van der Waals surface area contributed by atoms with E-state index >= 15 is 0 Å². The summed E-state index contributed by atoms with van der Waals surface area (Å²) in [6, 6.07) is 26.3. The first-order valence-corrected chi connectivity index (χ1v) is 11.7. The first kappa shape index (κ1) is 23.2. The van der Waals surface area contributed by atoms with Gasteiger partial charge in [0, 0.05) is 29.3 Å². The highest BCUT2D eigenvalue weighted by Gasteiger charge is 2.37. The highest BCUT2D eigenvalue weighted by atomic mass is 16.5. The lowest BCUT2D eigenvalue weighted by molar-refractivity contribution is -0.104. The van der Waals surface area contributed by atoms with Gasteiger partial charge in [-0.1, -0.05) is 54.6 Å². The summed E-state index contributed by atoms with van der Waals surface area (Å²) < 4.78 is 12.6. The molecule has 0 amide bonds. The number of aldehydes is 1. The molecule has 4 aromatic rings. The Morgan fingerprint density at radius 2 is 1.50 bits per heavy atom. The van der Waals surface area contributed by atoms with Gasteiger partial charge in [-0.25, -0.2) is 4.68 Å². The summed E-state index contributed by atoms with van der Waals surface area (Å²) in [5.41, 5.74) is 4.73. The summed E-state index contributed by atoms with van der Waals surface area (Å²) in [6.45, 7) is 0. The number of nitrogens with one attached hydrogen (secondary N) is 1. The first-order valence-electron chi connectivity index (χ1n) is 11.7. The lowest BCUT2D eigenvalue weighted by Gasteiger charge is -2.35. The highest BCUT2D eigenvalue weighted by Crippen LogP contribution is 2.44. The number of carbonyl (C=O) groups excluding carboxylic acids is 1. The molecule has 1 N–H and O–H groups in total. The Kier molecular flexibility index (Phi) is 6.41. The van der Waals surface area contributed by atoms with Crippen LogP contribution in [-0.2, 0) is 16.6 Å². The third-order valence-corrected chi connectivity index (χ3v) is 6.58. The molecule has 5 rings (SSSR count). The van der Waals surface area contributed by atoms with Gasteiger partial charge in [-0.3, -0.25) is 4.79 Å². The van der Waals surface area contributed by atoms with Crippen molar-refractivity contribution >= 4 is 30.1 Å². The van der Waals surface area contributed by atoms with Gasteiger partial charge in [0.15, 0.2) is 5.82 Å². The van der Waals surface area contributed by atoms with Crippen molar-refractivity contribution in [3.63, 3.8) is 0 Å². The number of methoxy groups -OCH3 is 2. The molecule has 36 heavy (non-hydrogen) atoms. The molecule has 0 radical (unpaired) electrons. The molecule has 0 atom stereocenters. The summed E-state index contributed by atoms with van der Waals surface area (Å²) in [5, 5.41) is 8.23. The molecule has 0 unspecified atom stereocenters. The number of para-hydroxylation sites is 1. The minimum atomic E-state index is -0.456. The number of fused-ring (bicyclic) bond motifs is 1. The Morgan fingerprint density at radius 1 is 0.889 bits per heavy atom. The zero-order valence-corrected chi connectivity index (χ0v) is 20.2. The van der Waals surface area contributed by atoms with Gasteiger partial charge in [-0.05, 0) is 53.6 Å². The molecule has 1 aromatic heterocycles. The van der Waals surface area contributed by atoms with E-state index in [1.807, 2.05) is 54.6 Å². The average molecular weight is 478 g/mol. The molecule has 6 heteroatoms. The number of rotatable bonds is 8. The summed E-state index contributed by atoms with van der Waals surface area (Å²) in [5.74, 6) is 2.34. The first-order chi connectivity index (χ1) is 17.7. The number of nitrogens with zero attached hydrogens (tertiary/aromatic N) is 2. The van der Waals surface area contributed by atoms with Crippen LogP contribution in [0.2, 0.25) is 0 Å². The van der Waals surface area contributed by atoms with Crippen LogP contribution in [0.4, 0.5) is 11.5 Å².